The third-order valence-corrected chi connectivity index (χ3v) is 7.65. The molecule has 38 heavy (non-hydrogen) atoms. The molecular formula is C30H31N7O. The summed E-state index contributed by atoms with van der Waals surface area (Å²) in [6, 6.07) is 20.6. The van der Waals surface area contributed by atoms with E-state index in [1.807, 2.05) is 41.4 Å². The predicted molar refractivity (Wildman–Crippen MR) is 147 cm³/mol. The largest absolute Gasteiger partial charge is 0.292 e. The summed E-state index contributed by atoms with van der Waals surface area (Å²) in [7, 11) is 0. The number of H-pyrrole nitrogens is 1. The summed E-state index contributed by atoms with van der Waals surface area (Å²) in [5.74, 6) is 1.62. The SMILES string of the molecule is CCCCC1=NC2(CCCC2)C(=O)N1Cc1ccc(-c2cc(-c3ccccc3)ccc2-c2nn[nH]n2)cn1. The minimum absolute atomic E-state index is 0.155. The Kier molecular flexibility index (Phi) is 6.54. The van der Waals surface area contributed by atoms with Crippen molar-refractivity contribution in [3.63, 3.8) is 0 Å². The van der Waals surface area contributed by atoms with Crippen molar-refractivity contribution < 1.29 is 4.79 Å². The van der Waals surface area contributed by atoms with Crippen LogP contribution in [0.25, 0.3) is 33.6 Å². The molecule has 1 amide bonds. The molecule has 2 aliphatic rings. The molecule has 0 saturated heterocycles. The summed E-state index contributed by atoms with van der Waals surface area (Å²) in [4.78, 5) is 25.2. The lowest BCUT2D eigenvalue weighted by atomic mass is 9.95. The molecule has 2 aromatic heterocycles. The van der Waals surface area contributed by atoms with E-state index in [0.717, 1.165) is 84.3 Å². The van der Waals surface area contributed by atoms with Crippen molar-refractivity contribution in [3.05, 3.63) is 72.6 Å². The van der Waals surface area contributed by atoms with Crippen LogP contribution in [0.5, 0.6) is 0 Å². The fourth-order valence-electron chi connectivity index (χ4n) is 5.60. The number of carbonyl (C=O) groups is 1. The number of unbranched alkanes of at least 4 members (excludes halogenated alkanes) is 1. The molecule has 0 radical (unpaired) electrons. The molecule has 3 heterocycles. The lowest BCUT2D eigenvalue weighted by Gasteiger charge is -2.22. The lowest BCUT2D eigenvalue weighted by molar-refractivity contribution is -0.131. The highest BCUT2D eigenvalue weighted by Gasteiger charge is 2.49. The third kappa shape index (κ3) is 4.51. The molecule has 1 spiro atoms. The average Bonchev–Trinajstić information content (AvgIpc) is 3.72. The van der Waals surface area contributed by atoms with Gasteiger partial charge in [-0.3, -0.25) is 19.7 Å². The first-order valence-corrected chi connectivity index (χ1v) is 13.5. The Morgan fingerprint density at radius 3 is 2.47 bits per heavy atom. The van der Waals surface area contributed by atoms with Gasteiger partial charge < -0.3 is 0 Å². The van der Waals surface area contributed by atoms with E-state index in [1.54, 1.807) is 0 Å². The van der Waals surface area contributed by atoms with Crippen molar-refractivity contribution in [2.75, 3.05) is 0 Å². The normalized spacial score (nSPS) is 16.4. The van der Waals surface area contributed by atoms with Crippen molar-refractivity contribution in [2.45, 2.75) is 64.0 Å². The molecule has 1 aliphatic heterocycles. The number of amidine groups is 1. The number of aromatic amines is 1. The van der Waals surface area contributed by atoms with Gasteiger partial charge in [0.25, 0.3) is 5.91 Å². The first-order valence-electron chi connectivity index (χ1n) is 13.5. The van der Waals surface area contributed by atoms with Crippen molar-refractivity contribution in [2.24, 2.45) is 4.99 Å². The quantitative estimate of drug-likeness (QED) is 0.324. The molecular weight excluding hydrogens is 474 g/mol. The molecule has 8 nitrogen and oxygen atoms in total. The van der Waals surface area contributed by atoms with Crippen molar-refractivity contribution in [1.29, 1.82) is 0 Å². The smallest absolute Gasteiger partial charge is 0.256 e. The van der Waals surface area contributed by atoms with Crippen LogP contribution in [-0.2, 0) is 11.3 Å². The Bertz CT molecular complexity index is 1440. The zero-order valence-corrected chi connectivity index (χ0v) is 21.6. The highest BCUT2D eigenvalue weighted by Crippen LogP contribution is 2.40. The summed E-state index contributed by atoms with van der Waals surface area (Å²) in [5.41, 5.74) is 5.34. The van der Waals surface area contributed by atoms with Gasteiger partial charge in [0.15, 0.2) is 0 Å². The standard InChI is InChI=1S/C30H31N7O/c1-2-3-11-27-32-30(16-7-8-17-30)29(38)37(27)20-24-14-12-23(19-31-24)26-18-22(21-9-5-4-6-10-21)13-15-25(26)28-33-35-36-34-28/h4-6,9-10,12-15,18-19H,2-3,7-8,11,16-17,20H2,1H3,(H,33,34,35,36). The number of tetrazole rings is 1. The fourth-order valence-corrected chi connectivity index (χ4v) is 5.60. The minimum Gasteiger partial charge on any atom is -0.292 e. The van der Waals surface area contributed by atoms with Crippen molar-refractivity contribution in [1.82, 2.24) is 30.5 Å². The van der Waals surface area contributed by atoms with Crippen LogP contribution < -0.4 is 0 Å². The summed E-state index contributed by atoms with van der Waals surface area (Å²) < 4.78 is 0. The predicted octanol–water partition coefficient (Wildman–Crippen LogP) is 5.84. The number of amides is 1. The molecule has 1 aliphatic carbocycles. The van der Waals surface area contributed by atoms with Gasteiger partial charge in [0.2, 0.25) is 5.82 Å². The molecule has 8 heteroatoms. The van der Waals surface area contributed by atoms with Gasteiger partial charge in [0.1, 0.15) is 11.4 Å². The molecule has 1 N–H and O–H groups in total. The Labute approximate surface area is 222 Å². The van der Waals surface area contributed by atoms with E-state index in [2.05, 4.69) is 57.9 Å². The van der Waals surface area contributed by atoms with E-state index in [4.69, 9.17) is 9.98 Å². The zero-order valence-electron chi connectivity index (χ0n) is 21.6. The fraction of sp³-hybridized carbons (Fsp3) is 0.333. The first kappa shape index (κ1) is 24.2. The Balaban J connectivity index is 1.30. The molecule has 6 rings (SSSR count). The highest BCUT2D eigenvalue weighted by atomic mass is 16.2. The van der Waals surface area contributed by atoms with Crippen LogP contribution in [-0.4, -0.2) is 47.8 Å². The monoisotopic (exact) mass is 505 g/mol. The number of nitrogens with zero attached hydrogens (tertiary/aromatic N) is 6. The molecule has 2 aromatic carbocycles. The Morgan fingerprint density at radius 1 is 0.947 bits per heavy atom. The maximum Gasteiger partial charge on any atom is 0.256 e. The van der Waals surface area contributed by atoms with E-state index in [9.17, 15) is 4.79 Å². The number of nitrogens with one attached hydrogen (secondary N) is 1. The van der Waals surface area contributed by atoms with E-state index < -0.39 is 5.54 Å². The molecule has 1 saturated carbocycles. The number of aromatic nitrogens is 5. The first-order chi connectivity index (χ1) is 18.7. The number of rotatable bonds is 8. The number of aliphatic imine (C=N–C) groups is 1. The second-order valence-corrected chi connectivity index (χ2v) is 10.2. The summed E-state index contributed by atoms with van der Waals surface area (Å²) >= 11 is 0. The Morgan fingerprint density at radius 2 is 1.76 bits per heavy atom. The van der Waals surface area contributed by atoms with Gasteiger partial charge in [-0.05, 0) is 59.4 Å². The third-order valence-electron chi connectivity index (χ3n) is 7.65. The van der Waals surface area contributed by atoms with Crippen LogP contribution in [0.4, 0.5) is 0 Å². The number of hydrogen-bond acceptors (Lipinski definition) is 6. The van der Waals surface area contributed by atoms with E-state index in [0.29, 0.717) is 12.4 Å². The number of benzene rings is 2. The van der Waals surface area contributed by atoms with E-state index in [1.165, 1.54) is 0 Å². The van der Waals surface area contributed by atoms with Crippen LogP contribution in [0, 0.1) is 0 Å². The number of hydrogen-bond donors (Lipinski definition) is 1. The van der Waals surface area contributed by atoms with Crippen LogP contribution in [0.1, 0.15) is 57.6 Å². The number of pyridine rings is 1. The summed E-state index contributed by atoms with van der Waals surface area (Å²) in [6.07, 6.45) is 8.68. The van der Waals surface area contributed by atoms with Gasteiger partial charge >= 0.3 is 0 Å². The van der Waals surface area contributed by atoms with Gasteiger partial charge in [-0.1, -0.05) is 68.7 Å². The molecule has 0 unspecified atom stereocenters. The maximum absolute atomic E-state index is 13.5. The van der Waals surface area contributed by atoms with Crippen LogP contribution in [0.2, 0.25) is 0 Å². The number of carbonyl (C=O) groups excluding carboxylic acids is 1. The molecule has 192 valence electrons. The van der Waals surface area contributed by atoms with Crippen molar-refractivity contribution in [3.8, 4) is 33.6 Å². The van der Waals surface area contributed by atoms with Gasteiger partial charge in [-0.15, -0.1) is 10.2 Å². The van der Waals surface area contributed by atoms with Gasteiger partial charge in [0, 0.05) is 23.7 Å². The lowest BCUT2D eigenvalue weighted by Crippen LogP contribution is -2.40. The molecule has 1 fully saturated rings. The second-order valence-electron chi connectivity index (χ2n) is 10.2. The highest BCUT2D eigenvalue weighted by molar-refractivity contribution is 6.08. The van der Waals surface area contributed by atoms with E-state index >= 15 is 0 Å². The van der Waals surface area contributed by atoms with Gasteiger partial charge in [-0.2, -0.15) is 5.21 Å². The van der Waals surface area contributed by atoms with Crippen LogP contribution in [0.15, 0.2) is 71.9 Å². The zero-order chi connectivity index (χ0) is 26.0. The molecule has 0 atom stereocenters. The van der Waals surface area contributed by atoms with Crippen LogP contribution in [0.3, 0.4) is 0 Å². The molecule has 4 aromatic rings. The second kappa shape index (κ2) is 10.3. The molecule has 0 bridgehead atoms. The minimum atomic E-state index is -0.527. The van der Waals surface area contributed by atoms with Crippen LogP contribution >= 0.6 is 0 Å². The maximum atomic E-state index is 13.5. The van der Waals surface area contributed by atoms with E-state index in [-0.39, 0.29) is 5.91 Å². The van der Waals surface area contributed by atoms with Crippen molar-refractivity contribution >= 4 is 11.7 Å². The average molecular weight is 506 g/mol. The summed E-state index contributed by atoms with van der Waals surface area (Å²) in [5, 5.41) is 14.7. The van der Waals surface area contributed by atoms with Gasteiger partial charge in [0.05, 0.1) is 12.2 Å². The summed E-state index contributed by atoms with van der Waals surface area (Å²) in [6.45, 7) is 2.62. The topological polar surface area (TPSA) is 100 Å². The van der Waals surface area contributed by atoms with Gasteiger partial charge in [-0.25, -0.2) is 0 Å². The Hall–Kier alpha value is -4.20.